The lowest BCUT2D eigenvalue weighted by Crippen LogP contribution is -2.09. The largest absolute Gasteiger partial charge is 0.379 e. The minimum Gasteiger partial charge on any atom is -0.379 e. The molecule has 2 aromatic rings. The molecule has 0 atom stereocenters. The molecule has 102 valence electrons. The Labute approximate surface area is 115 Å². The van der Waals surface area contributed by atoms with Crippen molar-refractivity contribution in [2.24, 2.45) is 0 Å². The molecule has 0 radical (unpaired) electrons. The van der Waals surface area contributed by atoms with E-state index in [1.54, 1.807) is 0 Å². The van der Waals surface area contributed by atoms with E-state index >= 15 is 0 Å². The molecular formula is C16H23N3. The van der Waals surface area contributed by atoms with Crippen molar-refractivity contribution in [2.45, 2.75) is 46.7 Å². The monoisotopic (exact) mass is 257 g/mol. The van der Waals surface area contributed by atoms with Gasteiger partial charge in [0.05, 0.1) is 18.6 Å². The molecule has 0 fully saturated rings. The van der Waals surface area contributed by atoms with Crippen molar-refractivity contribution in [3.63, 3.8) is 0 Å². The van der Waals surface area contributed by atoms with Gasteiger partial charge in [-0.05, 0) is 30.9 Å². The van der Waals surface area contributed by atoms with E-state index in [0.29, 0.717) is 0 Å². The van der Waals surface area contributed by atoms with Crippen LogP contribution in [0, 0.1) is 6.92 Å². The third-order valence-electron chi connectivity index (χ3n) is 3.45. The first-order chi connectivity index (χ1) is 9.26. The summed E-state index contributed by atoms with van der Waals surface area (Å²) in [6, 6.07) is 6.48. The number of hydrogen-bond acceptors (Lipinski definition) is 2. The molecule has 0 aliphatic carbocycles. The lowest BCUT2D eigenvalue weighted by atomic mass is 10.1. The molecule has 1 N–H and O–H groups in total. The molecule has 3 nitrogen and oxygen atoms in total. The van der Waals surface area contributed by atoms with E-state index in [9.17, 15) is 0 Å². The normalized spacial score (nSPS) is 10.7. The van der Waals surface area contributed by atoms with E-state index in [1.807, 2.05) is 12.5 Å². The number of aryl methyl sites for hydroxylation is 3. The molecule has 1 aromatic carbocycles. The SMILES string of the molecule is CCCn1cncc1CNc1c(C)cccc1CC. The Morgan fingerprint density at radius 2 is 2.11 bits per heavy atom. The van der Waals surface area contributed by atoms with E-state index < -0.39 is 0 Å². The first-order valence-corrected chi connectivity index (χ1v) is 7.07. The van der Waals surface area contributed by atoms with Gasteiger partial charge in [-0.3, -0.25) is 0 Å². The van der Waals surface area contributed by atoms with Crippen LogP contribution in [0.15, 0.2) is 30.7 Å². The Morgan fingerprint density at radius 1 is 1.26 bits per heavy atom. The number of hydrogen-bond donors (Lipinski definition) is 1. The van der Waals surface area contributed by atoms with Crippen molar-refractivity contribution in [1.82, 2.24) is 9.55 Å². The molecule has 0 unspecified atom stereocenters. The smallest absolute Gasteiger partial charge is 0.0948 e. The van der Waals surface area contributed by atoms with Gasteiger partial charge in [0.1, 0.15) is 0 Å². The highest BCUT2D eigenvalue weighted by Crippen LogP contribution is 2.21. The van der Waals surface area contributed by atoms with Gasteiger partial charge in [-0.25, -0.2) is 4.98 Å². The van der Waals surface area contributed by atoms with Crippen molar-refractivity contribution in [2.75, 3.05) is 5.32 Å². The zero-order valence-electron chi connectivity index (χ0n) is 12.1. The molecule has 0 spiro atoms. The van der Waals surface area contributed by atoms with Crippen LogP contribution >= 0.6 is 0 Å². The summed E-state index contributed by atoms with van der Waals surface area (Å²) in [6.45, 7) is 8.41. The summed E-state index contributed by atoms with van der Waals surface area (Å²) in [5.41, 5.74) is 5.20. The zero-order valence-corrected chi connectivity index (χ0v) is 12.1. The summed E-state index contributed by atoms with van der Waals surface area (Å²) < 4.78 is 2.22. The van der Waals surface area contributed by atoms with Gasteiger partial charge in [-0.15, -0.1) is 0 Å². The summed E-state index contributed by atoms with van der Waals surface area (Å²) in [5, 5.41) is 3.57. The molecular weight excluding hydrogens is 234 g/mol. The molecule has 0 bridgehead atoms. The maximum Gasteiger partial charge on any atom is 0.0948 e. The maximum atomic E-state index is 4.24. The number of nitrogens with one attached hydrogen (secondary N) is 1. The Bertz CT molecular complexity index is 529. The topological polar surface area (TPSA) is 29.9 Å². The van der Waals surface area contributed by atoms with Crippen LogP contribution in [0.25, 0.3) is 0 Å². The second kappa shape index (κ2) is 6.41. The summed E-state index contributed by atoms with van der Waals surface area (Å²) in [6.07, 6.45) is 6.05. The summed E-state index contributed by atoms with van der Waals surface area (Å²) >= 11 is 0. The van der Waals surface area contributed by atoms with Gasteiger partial charge in [0.15, 0.2) is 0 Å². The molecule has 2 rings (SSSR count). The number of nitrogens with zero attached hydrogens (tertiary/aromatic N) is 2. The number of benzene rings is 1. The van der Waals surface area contributed by atoms with Crippen LogP contribution in [-0.2, 0) is 19.5 Å². The number of para-hydroxylation sites is 1. The van der Waals surface area contributed by atoms with Crippen molar-refractivity contribution >= 4 is 5.69 Å². The minimum absolute atomic E-state index is 0.831. The first kappa shape index (κ1) is 13.7. The average molecular weight is 257 g/mol. The number of imidazole rings is 1. The van der Waals surface area contributed by atoms with E-state index in [0.717, 1.165) is 25.9 Å². The molecule has 3 heteroatoms. The predicted molar refractivity (Wildman–Crippen MR) is 80.4 cm³/mol. The van der Waals surface area contributed by atoms with Gasteiger partial charge in [0.25, 0.3) is 0 Å². The Morgan fingerprint density at radius 3 is 2.84 bits per heavy atom. The van der Waals surface area contributed by atoms with Crippen LogP contribution in [0.4, 0.5) is 5.69 Å². The van der Waals surface area contributed by atoms with E-state index in [4.69, 9.17) is 0 Å². The van der Waals surface area contributed by atoms with Gasteiger partial charge in [0.2, 0.25) is 0 Å². The predicted octanol–water partition coefficient (Wildman–Crippen LogP) is 3.78. The highest BCUT2D eigenvalue weighted by atomic mass is 15.1. The highest BCUT2D eigenvalue weighted by Gasteiger charge is 2.06. The van der Waals surface area contributed by atoms with Crippen LogP contribution in [0.1, 0.15) is 37.1 Å². The van der Waals surface area contributed by atoms with Crippen LogP contribution in [0.3, 0.4) is 0 Å². The molecule has 0 aliphatic heterocycles. The van der Waals surface area contributed by atoms with Crippen LogP contribution in [0.2, 0.25) is 0 Å². The standard InChI is InChI=1S/C16H23N3/c1-4-9-19-12-17-10-15(19)11-18-16-13(3)7-6-8-14(16)5-2/h6-8,10,12,18H,4-5,9,11H2,1-3H3. The second-order valence-electron chi connectivity index (χ2n) is 4.89. The molecule has 0 saturated heterocycles. The quantitative estimate of drug-likeness (QED) is 0.853. The van der Waals surface area contributed by atoms with Gasteiger partial charge in [-0.1, -0.05) is 32.0 Å². The number of aromatic nitrogens is 2. The van der Waals surface area contributed by atoms with Crippen molar-refractivity contribution < 1.29 is 0 Å². The van der Waals surface area contributed by atoms with Crippen molar-refractivity contribution in [1.29, 1.82) is 0 Å². The van der Waals surface area contributed by atoms with E-state index in [1.165, 1.54) is 22.5 Å². The lowest BCUT2D eigenvalue weighted by Gasteiger charge is -2.14. The Kier molecular flexibility index (Phi) is 4.61. The summed E-state index contributed by atoms with van der Waals surface area (Å²) in [4.78, 5) is 4.24. The molecule has 0 amide bonds. The summed E-state index contributed by atoms with van der Waals surface area (Å²) in [7, 11) is 0. The minimum atomic E-state index is 0.831. The fraction of sp³-hybridized carbons (Fsp3) is 0.438. The molecule has 0 saturated carbocycles. The third kappa shape index (κ3) is 3.16. The summed E-state index contributed by atoms with van der Waals surface area (Å²) in [5.74, 6) is 0. The van der Waals surface area contributed by atoms with Crippen molar-refractivity contribution in [3.8, 4) is 0 Å². The second-order valence-corrected chi connectivity index (χ2v) is 4.89. The fourth-order valence-electron chi connectivity index (χ4n) is 2.39. The van der Waals surface area contributed by atoms with E-state index in [-0.39, 0.29) is 0 Å². The number of anilines is 1. The van der Waals surface area contributed by atoms with Crippen molar-refractivity contribution in [3.05, 3.63) is 47.5 Å². The fourth-order valence-corrected chi connectivity index (χ4v) is 2.39. The number of rotatable bonds is 6. The molecule has 1 aromatic heterocycles. The van der Waals surface area contributed by atoms with Crippen LogP contribution in [-0.4, -0.2) is 9.55 Å². The first-order valence-electron chi connectivity index (χ1n) is 7.07. The highest BCUT2D eigenvalue weighted by molar-refractivity contribution is 5.57. The van der Waals surface area contributed by atoms with Gasteiger partial charge in [-0.2, -0.15) is 0 Å². The van der Waals surface area contributed by atoms with Crippen LogP contribution < -0.4 is 5.32 Å². The van der Waals surface area contributed by atoms with Gasteiger partial charge < -0.3 is 9.88 Å². The molecule has 19 heavy (non-hydrogen) atoms. The van der Waals surface area contributed by atoms with E-state index in [2.05, 4.69) is 53.8 Å². The zero-order chi connectivity index (χ0) is 13.7. The lowest BCUT2D eigenvalue weighted by molar-refractivity contribution is 0.651. The Hall–Kier alpha value is -1.77. The molecule has 1 heterocycles. The maximum absolute atomic E-state index is 4.24. The van der Waals surface area contributed by atoms with Gasteiger partial charge in [0, 0.05) is 18.4 Å². The average Bonchev–Trinajstić information content (AvgIpc) is 2.85. The van der Waals surface area contributed by atoms with Gasteiger partial charge >= 0.3 is 0 Å². The third-order valence-corrected chi connectivity index (χ3v) is 3.45. The van der Waals surface area contributed by atoms with Crippen LogP contribution in [0.5, 0.6) is 0 Å². The molecule has 0 aliphatic rings. The Balaban J connectivity index is 2.12.